The van der Waals surface area contributed by atoms with Crippen molar-refractivity contribution >= 4 is 5.71 Å². The Morgan fingerprint density at radius 3 is 2.20 bits per heavy atom. The summed E-state index contributed by atoms with van der Waals surface area (Å²) >= 11 is 0. The molecule has 0 bridgehead atoms. The first kappa shape index (κ1) is 16.3. The van der Waals surface area contributed by atoms with Crippen LogP contribution in [0.2, 0.25) is 0 Å². The van der Waals surface area contributed by atoms with E-state index < -0.39 is 0 Å². The summed E-state index contributed by atoms with van der Waals surface area (Å²) in [5.74, 6) is 0. The molecule has 4 heteroatoms. The smallest absolute Gasteiger partial charge is 0.145 e. The highest BCUT2D eigenvalue weighted by atomic mass is 16.6. The minimum Gasteiger partial charge on any atom is -0.390 e. The maximum absolute atomic E-state index is 5.68. The van der Waals surface area contributed by atoms with Gasteiger partial charge < -0.3 is 4.84 Å². The van der Waals surface area contributed by atoms with Gasteiger partial charge in [0.05, 0.1) is 5.71 Å². The Labute approximate surface area is 149 Å². The topological polar surface area (TPSA) is 28.1 Å². The predicted molar refractivity (Wildman–Crippen MR) is 101 cm³/mol. The molecule has 1 fully saturated rings. The van der Waals surface area contributed by atoms with Crippen LogP contribution in [0, 0.1) is 0 Å². The normalized spacial score (nSPS) is 21.8. The molecule has 1 unspecified atom stereocenters. The van der Waals surface area contributed by atoms with Gasteiger partial charge in [-0.3, -0.25) is 9.80 Å². The first-order valence-electron chi connectivity index (χ1n) is 9.13. The van der Waals surface area contributed by atoms with E-state index in [9.17, 15) is 0 Å². The van der Waals surface area contributed by atoms with Crippen LogP contribution >= 0.6 is 0 Å². The van der Waals surface area contributed by atoms with Crippen LogP contribution < -0.4 is 0 Å². The molecule has 0 aliphatic carbocycles. The van der Waals surface area contributed by atoms with Gasteiger partial charge in [-0.1, -0.05) is 65.8 Å². The summed E-state index contributed by atoms with van der Waals surface area (Å²) in [5, 5.41) is 4.30. The molecule has 2 aliphatic rings. The minimum atomic E-state index is 0.191. The standard InChI is InChI=1S/C21H25N3O/c1-3-7-18(8-4-1)16-23-11-13-24(14-12-23)17-20-15-21(22-25-20)19-9-5-2-6-10-19/h1-10,20H,11-17H2. The lowest BCUT2D eigenvalue weighted by atomic mass is 10.0. The van der Waals surface area contributed by atoms with Crippen molar-refractivity contribution in [2.75, 3.05) is 32.7 Å². The fraction of sp³-hybridized carbons (Fsp3) is 0.381. The molecule has 0 spiro atoms. The summed E-state index contributed by atoms with van der Waals surface area (Å²) in [6, 6.07) is 21.1. The fourth-order valence-electron chi connectivity index (χ4n) is 3.59. The Balaban J connectivity index is 1.22. The van der Waals surface area contributed by atoms with E-state index in [1.165, 1.54) is 11.1 Å². The zero-order valence-corrected chi connectivity index (χ0v) is 14.6. The predicted octanol–water partition coefficient (Wildman–Crippen LogP) is 3.00. The molecular weight excluding hydrogens is 310 g/mol. The largest absolute Gasteiger partial charge is 0.390 e. The lowest BCUT2D eigenvalue weighted by Gasteiger charge is -2.35. The SMILES string of the molecule is c1ccc(CN2CCN(CC3CC(c4ccccc4)=NO3)CC2)cc1. The number of hydrogen-bond acceptors (Lipinski definition) is 4. The first-order valence-corrected chi connectivity index (χ1v) is 9.13. The van der Waals surface area contributed by atoms with Crippen molar-refractivity contribution in [3.8, 4) is 0 Å². The minimum absolute atomic E-state index is 0.191. The summed E-state index contributed by atoms with van der Waals surface area (Å²) in [5.41, 5.74) is 3.65. The highest BCUT2D eigenvalue weighted by Crippen LogP contribution is 2.18. The van der Waals surface area contributed by atoms with E-state index in [1.807, 2.05) is 6.07 Å². The monoisotopic (exact) mass is 335 g/mol. The van der Waals surface area contributed by atoms with E-state index in [2.05, 4.69) is 69.6 Å². The molecule has 1 saturated heterocycles. The van der Waals surface area contributed by atoms with Crippen LogP contribution in [0.25, 0.3) is 0 Å². The third-order valence-electron chi connectivity index (χ3n) is 5.02. The zero-order valence-electron chi connectivity index (χ0n) is 14.6. The van der Waals surface area contributed by atoms with Gasteiger partial charge in [0.15, 0.2) is 0 Å². The van der Waals surface area contributed by atoms with Gasteiger partial charge in [-0.05, 0) is 11.1 Å². The second-order valence-electron chi connectivity index (χ2n) is 6.90. The maximum atomic E-state index is 5.68. The molecule has 2 heterocycles. The molecule has 2 aliphatic heterocycles. The number of oxime groups is 1. The van der Waals surface area contributed by atoms with Gasteiger partial charge in [-0.2, -0.15) is 0 Å². The second-order valence-corrected chi connectivity index (χ2v) is 6.90. The van der Waals surface area contributed by atoms with Crippen molar-refractivity contribution in [2.45, 2.75) is 19.1 Å². The van der Waals surface area contributed by atoms with Crippen LogP contribution in [0.3, 0.4) is 0 Å². The van der Waals surface area contributed by atoms with Crippen molar-refractivity contribution in [2.24, 2.45) is 5.16 Å². The number of benzene rings is 2. The molecule has 2 aromatic carbocycles. The highest BCUT2D eigenvalue weighted by Gasteiger charge is 2.26. The summed E-state index contributed by atoms with van der Waals surface area (Å²) < 4.78 is 0. The van der Waals surface area contributed by atoms with E-state index in [4.69, 9.17) is 4.84 Å². The third kappa shape index (κ3) is 4.27. The number of nitrogens with zero attached hydrogens (tertiary/aromatic N) is 3. The fourth-order valence-corrected chi connectivity index (χ4v) is 3.59. The van der Waals surface area contributed by atoms with E-state index in [0.717, 1.165) is 51.4 Å². The average Bonchev–Trinajstić information content (AvgIpc) is 3.14. The van der Waals surface area contributed by atoms with Crippen LogP contribution in [0.15, 0.2) is 65.8 Å². The van der Waals surface area contributed by atoms with Crippen LogP contribution in [0.5, 0.6) is 0 Å². The van der Waals surface area contributed by atoms with Gasteiger partial charge in [0.1, 0.15) is 6.10 Å². The molecular formula is C21H25N3O. The molecule has 0 saturated carbocycles. The number of hydrogen-bond donors (Lipinski definition) is 0. The van der Waals surface area contributed by atoms with Crippen LogP contribution in [0.1, 0.15) is 17.5 Å². The van der Waals surface area contributed by atoms with Gasteiger partial charge in [0.2, 0.25) is 0 Å². The molecule has 25 heavy (non-hydrogen) atoms. The van der Waals surface area contributed by atoms with Crippen molar-refractivity contribution in [1.82, 2.24) is 9.80 Å². The quantitative estimate of drug-likeness (QED) is 0.841. The molecule has 0 amide bonds. The van der Waals surface area contributed by atoms with E-state index in [0.29, 0.717) is 0 Å². The van der Waals surface area contributed by atoms with Crippen LogP contribution in [-0.4, -0.2) is 54.3 Å². The van der Waals surface area contributed by atoms with Gasteiger partial charge in [-0.25, -0.2) is 0 Å². The maximum Gasteiger partial charge on any atom is 0.145 e. The Morgan fingerprint density at radius 1 is 0.840 bits per heavy atom. The van der Waals surface area contributed by atoms with E-state index >= 15 is 0 Å². The molecule has 0 N–H and O–H groups in total. The average molecular weight is 335 g/mol. The van der Waals surface area contributed by atoms with Crippen molar-refractivity contribution in [1.29, 1.82) is 0 Å². The molecule has 0 radical (unpaired) electrons. The molecule has 4 nitrogen and oxygen atoms in total. The zero-order chi connectivity index (χ0) is 16.9. The highest BCUT2D eigenvalue weighted by molar-refractivity contribution is 6.01. The summed E-state index contributed by atoms with van der Waals surface area (Å²) in [7, 11) is 0. The van der Waals surface area contributed by atoms with Gasteiger partial charge in [0.25, 0.3) is 0 Å². The number of rotatable bonds is 5. The Bertz CT molecular complexity index is 694. The van der Waals surface area contributed by atoms with Gasteiger partial charge >= 0.3 is 0 Å². The summed E-state index contributed by atoms with van der Waals surface area (Å²) in [6.45, 7) is 6.47. The number of piperazine rings is 1. The summed E-state index contributed by atoms with van der Waals surface area (Å²) in [4.78, 5) is 10.7. The Hall–Kier alpha value is -2.17. The van der Waals surface area contributed by atoms with Gasteiger partial charge in [0, 0.05) is 45.7 Å². The lowest BCUT2D eigenvalue weighted by molar-refractivity contribution is 0.0338. The Kier molecular flexibility index (Phi) is 5.09. The van der Waals surface area contributed by atoms with Gasteiger partial charge in [-0.15, -0.1) is 0 Å². The van der Waals surface area contributed by atoms with E-state index in [1.54, 1.807) is 0 Å². The molecule has 2 aromatic rings. The van der Waals surface area contributed by atoms with Crippen molar-refractivity contribution in [3.05, 3.63) is 71.8 Å². The molecule has 130 valence electrons. The Morgan fingerprint density at radius 2 is 1.48 bits per heavy atom. The third-order valence-corrected chi connectivity index (χ3v) is 5.02. The first-order chi connectivity index (χ1) is 12.4. The molecule has 1 atom stereocenters. The van der Waals surface area contributed by atoms with Crippen molar-refractivity contribution < 1.29 is 4.84 Å². The van der Waals surface area contributed by atoms with E-state index in [-0.39, 0.29) is 6.10 Å². The molecule has 0 aromatic heterocycles. The lowest BCUT2D eigenvalue weighted by Crippen LogP contribution is -2.48. The summed E-state index contributed by atoms with van der Waals surface area (Å²) in [6.07, 6.45) is 1.10. The molecule has 4 rings (SSSR count). The van der Waals surface area contributed by atoms with Crippen molar-refractivity contribution in [3.63, 3.8) is 0 Å². The second kappa shape index (κ2) is 7.81. The van der Waals surface area contributed by atoms with Crippen LogP contribution in [0.4, 0.5) is 0 Å². The van der Waals surface area contributed by atoms with Crippen LogP contribution in [-0.2, 0) is 11.4 Å².